The minimum atomic E-state index is -0.919. The molecule has 2 amide bonds. The number of anilines is 3. The molecule has 246 valence electrons. The van der Waals surface area contributed by atoms with E-state index in [1.54, 1.807) is 30.3 Å². The average molecular weight is 643 g/mol. The summed E-state index contributed by atoms with van der Waals surface area (Å²) in [6, 6.07) is 33.9. The summed E-state index contributed by atoms with van der Waals surface area (Å²) in [4.78, 5) is 29.2. The van der Waals surface area contributed by atoms with E-state index in [0.29, 0.717) is 30.5 Å². The highest BCUT2D eigenvalue weighted by atomic mass is 16.3. The molecule has 7 nitrogen and oxygen atoms in total. The quantitative estimate of drug-likeness (QED) is 0.0763. The van der Waals surface area contributed by atoms with Crippen LogP contribution in [0.25, 0.3) is 11.6 Å². The third-order valence-electron chi connectivity index (χ3n) is 9.60. The molecule has 4 atom stereocenters. The Morgan fingerprint density at radius 3 is 2.19 bits per heavy atom. The molecule has 2 aliphatic rings. The first-order chi connectivity index (χ1) is 23.2. The third kappa shape index (κ3) is 6.84. The Bertz CT molecular complexity index is 1810. The van der Waals surface area contributed by atoms with Gasteiger partial charge in [-0.05, 0) is 96.0 Å². The summed E-state index contributed by atoms with van der Waals surface area (Å²) in [5.41, 5.74) is 6.72. The van der Waals surface area contributed by atoms with Crippen LogP contribution in [0.3, 0.4) is 0 Å². The van der Waals surface area contributed by atoms with Gasteiger partial charge in [-0.2, -0.15) is 0 Å². The van der Waals surface area contributed by atoms with Crippen LogP contribution in [0.4, 0.5) is 17.1 Å². The van der Waals surface area contributed by atoms with Crippen molar-refractivity contribution in [1.29, 1.82) is 0 Å². The number of para-hydroxylation sites is 1. The van der Waals surface area contributed by atoms with Gasteiger partial charge in [-0.15, -0.1) is 0 Å². The second-order valence-corrected chi connectivity index (χ2v) is 13.0. The second kappa shape index (κ2) is 14.4. The molecule has 6 rings (SSSR count). The van der Waals surface area contributed by atoms with Crippen LogP contribution in [0.1, 0.15) is 44.2 Å². The SMILES string of the molecule is CC(C)C1=C([C@H](O)CC/C(=C/c2cccc(O)c2)c2ccccc2)[C@H](CO)[C@@H]2C(=O)N(c3ccc(Nc4ccccc4)cc3)C(=O)[C@@H]2C1. The van der Waals surface area contributed by atoms with E-state index < -0.39 is 23.9 Å². The Morgan fingerprint density at radius 2 is 1.54 bits per heavy atom. The van der Waals surface area contributed by atoms with Gasteiger partial charge in [0.1, 0.15) is 5.75 Å². The van der Waals surface area contributed by atoms with Gasteiger partial charge >= 0.3 is 0 Å². The van der Waals surface area contributed by atoms with E-state index in [1.807, 2.05) is 98.8 Å². The Kier molecular flexibility index (Phi) is 9.90. The lowest BCUT2D eigenvalue weighted by atomic mass is 9.66. The number of hydrogen-bond donors (Lipinski definition) is 4. The van der Waals surface area contributed by atoms with Crippen LogP contribution in [0.2, 0.25) is 0 Å². The fourth-order valence-electron chi connectivity index (χ4n) is 7.30. The molecule has 1 aliphatic carbocycles. The van der Waals surface area contributed by atoms with Crippen LogP contribution in [-0.2, 0) is 9.59 Å². The van der Waals surface area contributed by atoms with Crippen molar-refractivity contribution < 1.29 is 24.9 Å². The van der Waals surface area contributed by atoms with Gasteiger partial charge < -0.3 is 20.6 Å². The zero-order valence-corrected chi connectivity index (χ0v) is 27.3. The summed E-state index contributed by atoms with van der Waals surface area (Å²) in [6.45, 7) is 3.72. The summed E-state index contributed by atoms with van der Waals surface area (Å²) < 4.78 is 0. The molecule has 1 aliphatic heterocycles. The van der Waals surface area contributed by atoms with Crippen molar-refractivity contribution in [3.8, 4) is 5.75 Å². The number of fused-ring (bicyclic) bond motifs is 1. The van der Waals surface area contributed by atoms with Crippen molar-refractivity contribution in [3.63, 3.8) is 0 Å². The molecule has 1 heterocycles. The number of imide groups is 1. The number of rotatable bonds is 11. The smallest absolute Gasteiger partial charge is 0.238 e. The molecule has 4 aromatic carbocycles. The number of aliphatic hydroxyl groups is 2. The van der Waals surface area contributed by atoms with Gasteiger partial charge in [-0.25, -0.2) is 0 Å². The van der Waals surface area contributed by atoms with Crippen LogP contribution in [0.15, 0.2) is 120 Å². The first-order valence-corrected chi connectivity index (χ1v) is 16.6. The molecule has 1 saturated heterocycles. The van der Waals surface area contributed by atoms with Crippen molar-refractivity contribution in [2.75, 3.05) is 16.8 Å². The third-order valence-corrected chi connectivity index (χ3v) is 9.60. The molecule has 0 bridgehead atoms. The van der Waals surface area contributed by atoms with Gasteiger partial charge in [0.25, 0.3) is 0 Å². The van der Waals surface area contributed by atoms with Crippen LogP contribution in [0.5, 0.6) is 5.75 Å². The topological polar surface area (TPSA) is 110 Å². The van der Waals surface area contributed by atoms with Gasteiger partial charge in [0.2, 0.25) is 11.8 Å². The summed E-state index contributed by atoms with van der Waals surface area (Å²) in [6.07, 6.45) is 2.34. The normalized spacial score (nSPS) is 20.3. The highest BCUT2D eigenvalue weighted by Crippen LogP contribution is 2.49. The number of hydrogen-bond acceptors (Lipinski definition) is 6. The van der Waals surface area contributed by atoms with Gasteiger partial charge in [0.15, 0.2) is 0 Å². The molecule has 48 heavy (non-hydrogen) atoms. The molecular weight excluding hydrogens is 600 g/mol. The maximum absolute atomic E-state index is 14.1. The molecule has 0 spiro atoms. The van der Waals surface area contributed by atoms with E-state index in [2.05, 4.69) is 5.32 Å². The number of phenolic OH excluding ortho intramolecular Hbond substituents is 1. The number of aliphatic hydroxyl groups excluding tert-OH is 2. The Labute approximate surface area is 281 Å². The first kappa shape index (κ1) is 32.9. The maximum Gasteiger partial charge on any atom is 0.238 e. The lowest BCUT2D eigenvalue weighted by Crippen LogP contribution is -2.39. The number of aromatic hydroxyl groups is 1. The number of carbonyl (C=O) groups excluding carboxylic acids is 2. The van der Waals surface area contributed by atoms with E-state index in [4.69, 9.17) is 0 Å². The number of benzene rings is 4. The number of carbonyl (C=O) groups is 2. The zero-order valence-electron chi connectivity index (χ0n) is 27.3. The van der Waals surface area contributed by atoms with Gasteiger partial charge in [0.05, 0.1) is 30.2 Å². The minimum absolute atomic E-state index is 0.0152. The predicted octanol–water partition coefficient (Wildman–Crippen LogP) is 7.59. The van der Waals surface area contributed by atoms with Crippen molar-refractivity contribution in [2.45, 2.75) is 39.2 Å². The maximum atomic E-state index is 14.1. The predicted molar refractivity (Wildman–Crippen MR) is 190 cm³/mol. The lowest BCUT2D eigenvalue weighted by molar-refractivity contribution is -0.123. The number of nitrogens with zero attached hydrogens (tertiary/aromatic N) is 1. The summed E-state index contributed by atoms with van der Waals surface area (Å²) in [5, 5.41) is 36.0. The van der Waals surface area contributed by atoms with E-state index in [0.717, 1.165) is 33.6 Å². The van der Waals surface area contributed by atoms with Crippen molar-refractivity contribution in [2.24, 2.45) is 23.7 Å². The Balaban J connectivity index is 1.25. The van der Waals surface area contributed by atoms with Crippen LogP contribution < -0.4 is 10.2 Å². The van der Waals surface area contributed by atoms with Crippen LogP contribution in [0, 0.1) is 23.7 Å². The van der Waals surface area contributed by atoms with E-state index in [1.165, 1.54) is 4.90 Å². The summed E-state index contributed by atoms with van der Waals surface area (Å²) >= 11 is 0. The van der Waals surface area contributed by atoms with Crippen molar-refractivity contribution >= 4 is 40.5 Å². The second-order valence-electron chi connectivity index (χ2n) is 13.0. The summed E-state index contributed by atoms with van der Waals surface area (Å²) in [7, 11) is 0. The van der Waals surface area contributed by atoms with Crippen molar-refractivity contribution in [1.82, 2.24) is 0 Å². The van der Waals surface area contributed by atoms with Crippen LogP contribution in [-0.4, -0.2) is 39.8 Å². The fourth-order valence-corrected chi connectivity index (χ4v) is 7.30. The fraction of sp³-hybridized carbons (Fsp3) is 0.268. The number of allylic oxidation sites excluding steroid dienone is 2. The molecule has 0 saturated carbocycles. The molecule has 1 fully saturated rings. The van der Waals surface area contributed by atoms with Crippen molar-refractivity contribution in [3.05, 3.63) is 131 Å². The highest BCUT2D eigenvalue weighted by molar-refractivity contribution is 6.22. The largest absolute Gasteiger partial charge is 0.508 e. The molecule has 0 radical (unpaired) electrons. The minimum Gasteiger partial charge on any atom is -0.508 e. The van der Waals surface area contributed by atoms with E-state index in [-0.39, 0.29) is 30.1 Å². The lowest BCUT2D eigenvalue weighted by Gasteiger charge is -2.38. The van der Waals surface area contributed by atoms with Crippen LogP contribution >= 0.6 is 0 Å². The number of amides is 2. The first-order valence-electron chi connectivity index (χ1n) is 16.6. The Hall–Kier alpha value is -4.98. The van der Waals surface area contributed by atoms with Gasteiger partial charge in [0, 0.05) is 17.3 Å². The average Bonchev–Trinajstić information content (AvgIpc) is 3.35. The molecule has 4 aromatic rings. The molecular formula is C41H42N2O5. The Morgan fingerprint density at radius 1 is 0.875 bits per heavy atom. The van der Waals surface area contributed by atoms with E-state index in [9.17, 15) is 24.9 Å². The molecule has 0 aromatic heterocycles. The molecule has 4 N–H and O–H groups in total. The standard InChI is InChI=1S/C41H42N2O5/c1-26(2)34-24-35-39(41(48)43(40(35)47)32-19-17-31(18-20-32)42-30-13-7-4-8-14-30)36(25-44)38(34)37(46)21-16-29(28-11-5-3-6-12-28)22-27-10-9-15-33(45)23-27/h3-15,17-20,22-23,26,35-37,39,42,44-46H,16,21,24-25H2,1-2H3/b29-22-/t35-,36+,37-,39-/m1/s1. The van der Waals surface area contributed by atoms with Gasteiger partial charge in [-0.1, -0.05) is 86.2 Å². The summed E-state index contributed by atoms with van der Waals surface area (Å²) in [5.74, 6) is -2.44. The molecule has 0 unspecified atom stereocenters. The monoisotopic (exact) mass is 642 g/mol. The zero-order chi connectivity index (χ0) is 33.8. The van der Waals surface area contributed by atoms with E-state index >= 15 is 0 Å². The van der Waals surface area contributed by atoms with Gasteiger partial charge in [-0.3, -0.25) is 14.5 Å². The number of phenols is 1. The number of nitrogens with one attached hydrogen (secondary N) is 1. The highest BCUT2D eigenvalue weighted by Gasteiger charge is 2.55. The molecule has 7 heteroatoms.